The highest BCUT2D eigenvalue weighted by molar-refractivity contribution is 5.91. The van der Waals surface area contributed by atoms with Gasteiger partial charge in [0.2, 0.25) is 5.91 Å². The Morgan fingerprint density at radius 2 is 1.37 bits per heavy atom. The van der Waals surface area contributed by atoms with E-state index in [1.165, 1.54) is 14.2 Å². The summed E-state index contributed by atoms with van der Waals surface area (Å²) >= 11 is 0. The van der Waals surface area contributed by atoms with Gasteiger partial charge in [-0.3, -0.25) is 9.59 Å². The molecule has 0 saturated carbocycles. The van der Waals surface area contributed by atoms with Crippen LogP contribution in [-0.2, 0) is 19.1 Å². The van der Waals surface area contributed by atoms with Crippen molar-refractivity contribution in [3.63, 3.8) is 0 Å². The van der Waals surface area contributed by atoms with Crippen LogP contribution in [0.25, 0.3) is 44.4 Å². The van der Waals surface area contributed by atoms with Gasteiger partial charge in [0.05, 0.1) is 43.9 Å². The minimum atomic E-state index is -0.882. The largest absolute Gasteiger partial charge is 0.453 e. The molecule has 1 unspecified atom stereocenters. The number of amides is 4. The van der Waals surface area contributed by atoms with Crippen LogP contribution in [0, 0.1) is 12.8 Å². The molecule has 4 aromatic carbocycles. The molecule has 14 heteroatoms. The molecule has 0 aliphatic carbocycles. The number of imidazole rings is 2. The van der Waals surface area contributed by atoms with E-state index in [2.05, 4.69) is 82.1 Å². The van der Waals surface area contributed by atoms with E-state index in [4.69, 9.17) is 19.4 Å². The average molecular weight is 837 g/mol. The van der Waals surface area contributed by atoms with Gasteiger partial charge in [-0.1, -0.05) is 80.6 Å². The molecule has 2 aliphatic heterocycles. The molecule has 4 atom stereocenters. The van der Waals surface area contributed by atoms with Crippen molar-refractivity contribution in [2.75, 3.05) is 27.3 Å². The van der Waals surface area contributed by atoms with Gasteiger partial charge < -0.3 is 39.9 Å². The third-order valence-corrected chi connectivity index (χ3v) is 12.1. The second kappa shape index (κ2) is 17.9. The Hall–Kier alpha value is -6.96. The third kappa shape index (κ3) is 8.49. The topological polar surface area (TPSA) is 175 Å². The first-order valence-electron chi connectivity index (χ1n) is 21.1. The van der Waals surface area contributed by atoms with E-state index in [1.807, 2.05) is 61.5 Å². The standard InChI is InChI=1S/C48H52N8O6/c1-28(2)41(53-47(59)61-4)45(57)55-21-9-13-39(55)43-49-26-37(51-43)34-19-20-36(29(3)23-34)33-17-15-32-25-35(18-16-31(32)24-33)38-27-50-44(52-38)40-14-10-22-56(40)46(58)42(54-48(60)62-5)30-11-7-6-8-12-30/h6-8,11-12,15-20,23-28,39-42H,9-10,13-14,21-22H2,1-5H3,(H,49,51)(H,50,52)(H,53,59)(H,54,60)/t39-,40?,41-,42+/m0/s1. The maximum atomic E-state index is 14.0. The first-order valence-corrected chi connectivity index (χ1v) is 21.1. The van der Waals surface area contributed by atoms with Gasteiger partial charge in [-0.15, -0.1) is 0 Å². The maximum Gasteiger partial charge on any atom is 0.407 e. The molecule has 0 radical (unpaired) electrons. The van der Waals surface area contributed by atoms with Gasteiger partial charge in [0.15, 0.2) is 0 Å². The molecular formula is C48H52N8O6. The number of carbonyl (C=O) groups is 4. The van der Waals surface area contributed by atoms with Crippen LogP contribution >= 0.6 is 0 Å². The Labute approximate surface area is 360 Å². The molecule has 4 heterocycles. The van der Waals surface area contributed by atoms with Crippen LogP contribution in [-0.4, -0.2) is 87.1 Å². The molecule has 8 rings (SSSR count). The summed E-state index contributed by atoms with van der Waals surface area (Å²) in [7, 11) is 2.58. The number of nitrogens with zero attached hydrogens (tertiary/aromatic N) is 4. The fraction of sp³-hybridized carbons (Fsp3) is 0.333. The molecule has 320 valence electrons. The molecule has 2 saturated heterocycles. The van der Waals surface area contributed by atoms with Gasteiger partial charge >= 0.3 is 12.2 Å². The van der Waals surface area contributed by atoms with Crippen LogP contribution in [0.3, 0.4) is 0 Å². The molecule has 4 amide bonds. The summed E-state index contributed by atoms with van der Waals surface area (Å²) < 4.78 is 9.62. The number of rotatable bonds is 11. The number of alkyl carbamates (subject to hydrolysis) is 2. The molecule has 0 bridgehead atoms. The van der Waals surface area contributed by atoms with E-state index in [-0.39, 0.29) is 29.8 Å². The number of hydrogen-bond acceptors (Lipinski definition) is 8. The van der Waals surface area contributed by atoms with Crippen LogP contribution in [0.15, 0.2) is 97.3 Å². The van der Waals surface area contributed by atoms with Gasteiger partial charge in [-0.25, -0.2) is 19.6 Å². The molecule has 2 aromatic heterocycles. The third-order valence-electron chi connectivity index (χ3n) is 12.1. The van der Waals surface area contributed by atoms with E-state index >= 15 is 0 Å². The number of benzene rings is 4. The maximum absolute atomic E-state index is 14.0. The van der Waals surface area contributed by atoms with Crippen molar-refractivity contribution in [1.82, 2.24) is 40.4 Å². The van der Waals surface area contributed by atoms with Crippen molar-refractivity contribution in [2.45, 2.75) is 70.6 Å². The molecule has 4 N–H and O–H groups in total. The van der Waals surface area contributed by atoms with E-state index < -0.39 is 24.3 Å². The lowest BCUT2D eigenvalue weighted by Crippen LogP contribution is -2.51. The number of nitrogens with one attached hydrogen (secondary N) is 4. The quantitative estimate of drug-likeness (QED) is 0.101. The van der Waals surface area contributed by atoms with Crippen molar-refractivity contribution < 1.29 is 28.7 Å². The summed E-state index contributed by atoms with van der Waals surface area (Å²) in [4.78, 5) is 72.0. The smallest absolute Gasteiger partial charge is 0.407 e. The Kier molecular flexibility index (Phi) is 12.1. The van der Waals surface area contributed by atoms with Crippen molar-refractivity contribution >= 4 is 34.8 Å². The van der Waals surface area contributed by atoms with E-state index in [0.717, 1.165) is 81.5 Å². The monoisotopic (exact) mass is 836 g/mol. The summed E-state index contributed by atoms with van der Waals surface area (Å²) in [6.07, 6.45) is 5.61. The Morgan fingerprint density at radius 1 is 0.742 bits per heavy atom. The minimum Gasteiger partial charge on any atom is -0.453 e. The Bertz CT molecular complexity index is 2600. The first kappa shape index (κ1) is 41.8. The molecular weight excluding hydrogens is 785 g/mol. The fourth-order valence-electron chi connectivity index (χ4n) is 8.82. The lowest BCUT2D eigenvalue weighted by atomic mass is 9.95. The van der Waals surface area contributed by atoms with Crippen molar-refractivity contribution in [2.24, 2.45) is 5.92 Å². The van der Waals surface area contributed by atoms with E-state index in [0.29, 0.717) is 24.5 Å². The van der Waals surface area contributed by atoms with Gasteiger partial charge in [0, 0.05) is 24.8 Å². The number of fused-ring (bicyclic) bond motifs is 1. The molecule has 0 spiro atoms. The molecule has 6 aromatic rings. The van der Waals surface area contributed by atoms with Crippen LogP contribution in [0.4, 0.5) is 9.59 Å². The number of aryl methyl sites for hydroxylation is 1. The highest BCUT2D eigenvalue weighted by Crippen LogP contribution is 2.37. The van der Waals surface area contributed by atoms with Gasteiger partial charge in [-0.2, -0.15) is 0 Å². The molecule has 2 fully saturated rings. The average Bonchev–Trinajstić information content (AvgIpc) is 4.14. The van der Waals surface area contributed by atoms with Gasteiger partial charge in [0.1, 0.15) is 23.7 Å². The number of methoxy groups -OCH3 is 2. The lowest BCUT2D eigenvalue weighted by molar-refractivity contribution is -0.135. The predicted octanol–water partition coefficient (Wildman–Crippen LogP) is 8.40. The number of carbonyl (C=O) groups excluding carboxylic acids is 4. The fourth-order valence-corrected chi connectivity index (χ4v) is 8.82. The number of ether oxygens (including phenoxy) is 2. The van der Waals surface area contributed by atoms with E-state index in [9.17, 15) is 19.2 Å². The van der Waals surface area contributed by atoms with Crippen LogP contribution in [0.5, 0.6) is 0 Å². The van der Waals surface area contributed by atoms with Crippen molar-refractivity contribution in [3.05, 3.63) is 120 Å². The number of H-pyrrole nitrogens is 2. The predicted molar refractivity (Wildman–Crippen MR) is 236 cm³/mol. The molecule has 2 aliphatic rings. The highest BCUT2D eigenvalue weighted by atomic mass is 16.5. The van der Waals surface area contributed by atoms with Crippen molar-refractivity contribution in [1.29, 1.82) is 0 Å². The number of likely N-dealkylation sites (tertiary alicyclic amines) is 2. The van der Waals surface area contributed by atoms with Crippen LogP contribution < -0.4 is 10.6 Å². The normalized spacial score (nSPS) is 17.3. The SMILES string of the molecule is COC(=O)N[C@H](C(=O)N1CCC[C@H]1c1ncc(-c2ccc(-c3ccc4cc(-c5c[nH]c(C6CCCN6C(=O)[C@H](NC(=O)OC)c6ccccc6)n5)ccc4c3)c(C)c2)[nH]1)C(C)C. The molecule has 14 nitrogen and oxygen atoms in total. The van der Waals surface area contributed by atoms with Gasteiger partial charge in [-0.05, 0) is 95.3 Å². The summed E-state index contributed by atoms with van der Waals surface area (Å²) in [5.41, 5.74) is 7.62. The molecule has 62 heavy (non-hydrogen) atoms. The summed E-state index contributed by atoms with van der Waals surface area (Å²) in [6, 6.07) is 26.3. The number of aromatic nitrogens is 4. The zero-order valence-corrected chi connectivity index (χ0v) is 35.6. The highest BCUT2D eigenvalue weighted by Gasteiger charge is 2.39. The summed E-state index contributed by atoms with van der Waals surface area (Å²) in [5, 5.41) is 7.60. The number of hydrogen-bond donors (Lipinski definition) is 4. The zero-order valence-electron chi connectivity index (χ0n) is 35.6. The Morgan fingerprint density at radius 3 is 2.05 bits per heavy atom. The summed E-state index contributed by atoms with van der Waals surface area (Å²) in [6.45, 7) is 7.06. The lowest BCUT2D eigenvalue weighted by Gasteiger charge is -2.30. The van der Waals surface area contributed by atoms with Crippen molar-refractivity contribution in [3.8, 4) is 33.6 Å². The van der Waals surface area contributed by atoms with Crippen LogP contribution in [0.1, 0.15) is 80.4 Å². The first-order chi connectivity index (χ1) is 30.0. The van der Waals surface area contributed by atoms with E-state index in [1.54, 1.807) is 4.90 Å². The second-order valence-electron chi connectivity index (χ2n) is 16.4. The number of aromatic amines is 2. The zero-order chi connectivity index (χ0) is 43.5. The van der Waals surface area contributed by atoms with Gasteiger partial charge in [0.25, 0.3) is 5.91 Å². The Balaban J connectivity index is 0.961. The summed E-state index contributed by atoms with van der Waals surface area (Å²) in [5.74, 6) is 0.974. The minimum absolute atomic E-state index is 0.109. The van der Waals surface area contributed by atoms with Crippen LogP contribution in [0.2, 0.25) is 0 Å². The second-order valence-corrected chi connectivity index (χ2v) is 16.4.